The first-order chi connectivity index (χ1) is 28.0. The van der Waals surface area contributed by atoms with Crippen LogP contribution in [0.15, 0.2) is 77.9 Å². The molecular formula is C39H45B6ClN8O5. The number of methoxy groups -OCH3 is 2. The van der Waals surface area contributed by atoms with Crippen LogP contribution in [0.25, 0.3) is 33.2 Å². The number of halogens is 1. The number of nitrogen functional groups attached to an aromatic ring is 1. The summed E-state index contributed by atoms with van der Waals surface area (Å²) in [6.07, 6.45) is 1.36. The van der Waals surface area contributed by atoms with Crippen LogP contribution in [0.4, 0.5) is 5.82 Å². The van der Waals surface area contributed by atoms with E-state index in [2.05, 4.69) is 37.5 Å². The van der Waals surface area contributed by atoms with Crippen LogP contribution in [0, 0.1) is 11.8 Å². The Kier molecular flexibility index (Phi) is 12.8. The van der Waals surface area contributed by atoms with Crippen molar-refractivity contribution in [1.82, 2.24) is 34.2 Å². The monoisotopic (exact) mass is 806 g/mol. The Morgan fingerprint density at radius 1 is 0.932 bits per heavy atom. The summed E-state index contributed by atoms with van der Waals surface area (Å²) in [6.45, 7) is 1.84. The van der Waals surface area contributed by atoms with Crippen molar-refractivity contribution < 1.29 is 19.4 Å². The highest BCUT2D eigenvalue weighted by Gasteiger charge is 2.51. The number of fused-ring (bicyclic) bond motifs is 2. The lowest BCUT2D eigenvalue weighted by atomic mass is 9.17. The third kappa shape index (κ3) is 8.53. The van der Waals surface area contributed by atoms with Crippen molar-refractivity contribution in [2.75, 3.05) is 46.3 Å². The summed E-state index contributed by atoms with van der Waals surface area (Å²) in [5, 5.41) is 14.3. The van der Waals surface area contributed by atoms with Crippen molar-refractivity contribution >= 4 is 92.3 Å². The molecule has 1 amide bonds. The molecule has 6 rings (SSSR count). The number of phenols is 1. The first-order valence-corrected chi connectivity index (χ1v) is 19.7. The number of nitrogens with zero attached hydrogens (tertiary/aromatic N) is 7. The first-order valence-electron chi connectivity index (χ1n) is 19.3. The van der Waals surface area contributed by atoms with Crippen molar-refractivity contribution in [3.63, 3.8) is 0 Å². The van der Waals surface area contributed by atoms with Crippen LogP contribution < -0.4 is 11.3 Å². The second kappa shape index (κ2) is 17.4. The Morgan fingerprint density at radius 3 is 2.31 bits per heavy atom. The van der Waals surface area contributed by atoms with E-state index in [9.17, 15) is 14.7 Å². The Morgan fingerprint density at radius 2 is 1.63 bits per heavy atom. The SMILES string of the molecule is BC(B)(C#Cc1cccc2nc(Cn3nc(-c4cccc(O)c4)c4c(N)ncnc43)n(Cc3ccccc3Cl)c(=O)c12)C(B)(B)C(B)(B)C(=O)N(CCOC)CCOC. The molecule has 0 radical (unpaired) electrons. The fraction of sp³-hybridized carbons (Fsp3) is 0.282. The molecule has 0 aliphatic heterocycles. The van der Waals surface area contributed by atoms with E-state index >= 15 is 0 Å². The van der Waals surface area contributed by atoms with Gasteiger partial charge in [-0.25, -0.2) is 19.6 Å². The third-order valence-electron chi connectivity index (χ3n) is 11.9. The van der Waals surface area contributed by atoms with Gasteiger partial charge in [0.15, 0.2) is 5.65 Å². The second-order valence-electron chi connectivity index (χ2n) is 16.1. The molecule has 0 aliphatic rings. The number of carbonyl (C=O) groups excluding carboxylic acids is 1. The molecule has 3 aromatic heterocycles. The largest absolute Gasteiger partial charge is 0.508 e. The molecule has 3 heterocycles. The van der Waals surface area contributed by atoms with Crippen LogP contribution in [-0.4, -0.2) is 133 Å². The number of nitrogens with two attached hydrogens (primary N) is 1. The van der Waals surface area contributed by atoms with E-state index in [1.54, 1.807) is 58.7 Å². The minimum Gasteiger partial charge on any atom is -0.508 e. The van der Waals surface area contributed by atoms with Crippen LogP contribution >= 0.6 is 11.6 Å². The van der Waals surface area contributed by atoms with Gasteiger partial charge in [-0.15, -0.1) is 5.92 Å². The highest BCUT2D eigenvalue weighted by atomic mass is 35.5. The van der Waals surface area contributed by atoms with Crippen LogP contribution in [0.2, 0.25) is 20.7 Å². The number of ether oxygens (including phenoxy) is 2. The number of aromatic hydroxyl groups is 1. The normalized spacial score (nSPS) is 12.1. The van der Waals surface area contributed by atoms with E-state index in [4.69, 9.17) is 36.9 Å². The van der Waals surface area contributed by atoms with Gasteiger partial charge < -0.3 is 25.2 Å². The summed E-state index contributed by atoms with van der Waals surface area (Å²) in [4.78, 5) is 44.7. The maximum absolute atomic E-state index is 14.9. The summed E-state index contributed by atoms with van der Waals surface area (Å²) in [5.74, 6) is 7.48. The van der Waals surface area contributed by atoms with Gasteiger partial charge in [0.05, 0.1) is 51.7 Å². The van der Waals surface area contributed by atoms with E-state index in [0.29, 0.717) is 75.9 Å². The Bertz CT molecular complexity index is 2660. The topological polar surface area (TPSA) is 164 Å². The predicted molar refractivity (Wildman–Crippen MR) is 249 cm³/mol. The minimum atomic E-state index is -0.851. The zero-order chi connectivity index (χ0) is 42.7. The average Bonchev–Trinajstić information content (AvgIpc) is 3.58. The number of phenolic OH excluding ortho intramolecular Hbond substituents is 1. The maximum atomic E-state index is 14.9. The molecule has 20 heteroatoms. The molecule has 13 nitrogen and oxygen atoms in total. The molecule has 0 unspecified atom stereocenters. The lowest BCUT2D eigenvalue weighted by molar-refractivity contribution is -0.134. The van der Waals surface area contributed by atoms with E-state index in [-0.39, 0.29) is 36.1 Å². The predicted octanol–water partition coefficient (Wildman–Crippen LogP) is -1.14. The van der Waals surface area contributed by atoms with Crippen molar-refractivity contribution in [1.29, 1.82) is 0 Å². The van der Waals surface area contributed by atoms with Crippen molar-refractivity contribution in [3.8, 4) is 28.8 Å². The molecule has 0 bridgehead atoms. The van der Waals surface area contributed by atoms with E-state index in [0.717, 1.165) is 5.56 Å². The molecule has 3 N–H and O–H groups in total. The number of benzene rings is 3. The summed E-state index contributed by atoms with van der Waals surface area (Å²) >= 11 is 6.67. The average molecular weight is 806 g/mol. The summed E-state index contributed by atoms with van der Waals surface area (Å²) in [5.41, 5.74) is 9.27. The van der Waals surface area contributed by atoms with Gasteiger partial charge in [0, 0.05) is 43.5 Å². The van der Waals surface area contributed by atoms with Gasteiger partial charge in [-0.1, -0.05) is 59.1 Å². The van der Waals surface area contributed by atoms with Gasteiger partial charge in [0.25, 0.3) is 5.56 Å². The van der Waals surface area contributed by atoms with Gasteiger partial charge in [-0.2, -0.15) is 5.10 Å². The quantitative estimate of drug-likeness (QED) is 0.102. The van der Waals surface area contributed by atoms with E-state index in [1.807, 2.05) is 67.8 Å². The standard InChI is InChI=1S/C39H45B6ClN8O5/c1-58-17-15-52(16-18-59-2)36(57)38(42,43)39(44,45)37(40,41)14-13-23-8-6-12-28-30(23)35(56)53(20-25-7-3-4-11-27(25)46)29(50-28)21-54-34-31(33(47)48-22-49-34)32(51-54)24-9-5-10-26(55)19-24/h3-12,19,22,55H,15-18,20-21,40-45H2,1-2H3,(H2,47,48,49). The molecule has 59 heavy (non-hydrogen) atoms. The van der Waals surface area contributed by atoms with Crippen molar-refractivity contribution in [2.45, 2.75) is 28.7 Å². The smallest absolute Gasteiger partial charge is 0.263 e. The number of aromatic nitrogens is 6. The zero-order valence-electron chi connectivity index (χ0n) is 34.8. The van der Waals surface area contributed by atoms with E-state index < -0.39 is 15.6 Å². The van der Waals surface area contributed by atoms with Gasteiger partial charge in [-0.05, 0) is 46.3 Å². The van der Waals surface area contributed by atoms with Crippen LogP contribution in [-0.2, 0) is 27.4 Å². The first kappa shape index (κ1) is 43.2. The number of hydrogen-bond donors (Lipinski definition) is 2. The molecule has 296 valence electrons. The van der Waals surface area contributed by atoms with E-state index in [1.165, 1.54) is 6.33 Å². The van der Waals surface area contributed by atoms with Crippen LogP contribution in [0.1, 0.15) is 17.0 Å². The number of anilines is 1. The van der Waals surface area contributed by atoms with Crippen LogP contribution in [0.5, 0.6) is 5.75 Å². The molecule has 0 spiro atoms. The lowest BCUT2D eigenvalue weighted by Gasteiger charge is -2.51. The molecule has 3 aromatic carbocycles. The van der Waals surface area contributed by atoms with Gasteiger partial charge in [0.1, 0.15) is 67.3 Å². The molecular weight excluding hydrogens is 761 g/mol. The number of hydrogen-bond acceptors (Lipinski definition) is 10. The summed E-state index contributed by atoms with van der Waals surface area (Å²) < 4.78 is 13.8. The maximum Gasteiger partial charge on any atom is 0.263 e. The fourth-order valence-corrected chi connectivity index (χ4v) is 7.36. The van der Waals surface area contributed by atoms with Crippen LogP contribution in [0.3, 0.4) is 0 Å². The summed E-state index contributed by atoms with van der Waals surface area (Å²) in [6, 6.07) is 19.5. The molecule has 0 aliphatic carbocycles. The Balaban J connectivity index is 1.46. The van der Waals surface area contributed by atoms with Gasteiger partial charge in [0.2, 0.25) is 5.91 Å². The molecule has 0 saturated heterocycles. The Hall–Kier alpha value is -5.42. The highest BCUT2D eigenvalue weighted by molar-refractivity contribution is 6.66. The number of amides is 1. The highest BCUT2D eigenvalue weighted by Crippen LogP contribution is 2.56. The van der Waals surface area contributed by atoms with Crippen molar-refractivity contribution in [3.05, 3.63) is 105 Å². The molecule has 0 fully saturated rings. The third-order valence-corrected chi connectivity index (χ3v) is 12.3. The lowest BCUT2D eigenvalue weighted by Crippen LogP contribution is -2.53. The molecule has 0 saturated carbocycles. The minimum absolute atomic E-state index is 0.0241. The van der Waals surface area contributed by atoms with Gasteiger partial charge >= 0.3 is 0 Å². The van der Waals surface area contributed by atoms with Crippen molar-refractivity contribution in [2.24, 2.45) is 0 Å². The zero-order valence-corrected chi connectivity index (χ0v) is 35.6. The summed E-state index contributed by atoms with van der Waals surface area (Å²) in [7, 11) is 15.3. The fourth-order valence-electron chi connectivity index (χ4n) is 7.17. The van der Waals surface area contributed by atoms with Gasteiger partial charge in [-0.3, -0.25) is 14.2 Å². The Labute approximate surface area is 353 Å². The molecule has 0 atom stereocenters. The second-order valence-corrected chi connectivity index (χ2v) is 16.5. The number of carbonyl (C=O) groups is 1. The molecule has 6 aromatic rings. The number of rotatable bonds is 14.